The van der Waals surface area contributed by atoms with Gasteiger partial charge in [0.15, 0.2) is 11.0 Å². The number of anilines is 1. The highest BCUT2D eigenvalue weighted by molar-refractivity contribution is 7.99. The van der Waals surface area contributed by atoms with Crippen LogP contribution in [0.3, 0.4) is 0 Å². The topological polar surface area (TPSA) is 77.3 Å². The lowest BCUT2D eigenvalue weighted by molar-refractivity contribution is -0.115. The second-order valence-electron chi connectivity index (χ2n) is 7.11. The Balaban J connectivity index is 1.55. The molecule has 0 fully saturated rings. The van der Waals surface area contributed by atoms with Gasteiger partial charge in [-0.2, -0.15) is 0 Å². The van der Waals surface area contributed by atoms with E-state index in [0.717, 1.165) is 16.3 Å². The molecule has 4 aromatic rings. The number of esters is 1. The Morgan fingerprint density at radius 3 is 2.52 bits per heavy atom. The van der Waals surface area contributed by atoms with E-state index in [2.05, 4.69) is 22.3 Å². The number of amides is 1. The largest absolute Gasteiger partial charge is 0.465 e. The van der Waals surface area contributed by atoms with Crippen molar-refractivity contribution in [3.63, 3.8) is 0 Å². The molecule has 0 radical (unpaired) electrons. The Kier molecular flexibility index (Phi) is 7.21. The lowest BCUT2D eigenvalue weighted by Crippen LogP contribution is -2.29. The van der Waals surface area contributed by atoms with Crippen LogP contribution < -0.4 is 4.90 Å². The van der Waals surface area contributed by atoms with Crippen molar-refractivity contribution in [2.75, 3.05) is 24.8 Å². The number of para-hydroxylation sites is 1. The third kappa shape index (κ3) is 5.15. The summed E-state index contributed by atoms with van der Waals surface area (Å²) in [6.45, 7) is 0.596. The maximum Gasteiger partial charge on any atom is 0.339 e. The molecule has 0 unspecified atom stereocenters. The van der Waals surface area contributed by atoms with E-state index < -0.39 is 5.97 Å². The molecule has 4 rings (SSSR count). The molecule has 0 saturated carbocycles. The van der Waals surface area contributed by atoms with Gasteiger partial charge < -0.3 is 9.64 Å². The van der Waals surface area contributed by atoms with Gasteiger partial charge in [0.25, 0.3) is 0 Å². The standard InChI is InChI=1S/C24H22N4O3S2/c1-27(19-12-7-6-11-18(19)23(30)31-2)21(29)16-33-24-26-25-22(20-13-8-14-32-20)28(24)15-17-9-4-3-5-10-17/h3-14H,15-16H2,1-2H3. The first-order valence-corrected chi connectivity index (χ1v) is 12.0. The Hall–Kier alpha value is -3.43. The molecule has 0 aliphatic heterocycles. The number of rotatable bonds is 8. The van der Waals surface area contributed by atoms with Crippen molar-refractivity contribution >= 4 is 40.7 Å². The number of thiophene rings is 1. The lowest BCUT2D eigenvalue weighted by atomic mass is 10.1. The van der Waals surface area contributed by atoms with Crippen molar-refractivity contribution in [3.8, 4) is 10.7 Å². The van der Waals surface area contributed by atoms with Gasteiger partial charge in [0.05, 0.1) is 35.5 Å². The van der Waals surface area contributed by atoms with Crippen LogP contribution in [-0.4, -0.2) is 46.6 Å². The van der Waals surface area contributed by atoms with Gasteiger partial charge in [-0.05, 0) is 29.1 Å². The summed E-state index contributed by atoms with van der Waals surface area (Å²) < 4.78 is 6.87. The maximum absolute atomic E-state index is 13.0. The van der Waals surface area contributed by atoms with E-state index in [4.69, 9.17) is 4.74 Å². The van der Waals surface area contributed by atoms with Crippen LogP contribution in [0.1, 0.15) is 15.9 Å². The van der Waals surface area contributed by atoms with E-state index in [9.17, 15) is 9.59 Å². The number of carbonyl (C=O) groups is 2. The van der Waals surface area contributed by atoms with Gasteiger partial charge in [-0.1, -0.05) is 60.3 Å². The Morgan fingerprint density at radius 2 is 1.79 bits per heavy atom. The fraction of sp³-hybridized carbons (Fsp3) is 0.167. The average molecular weight is 479 g/mol. The highest BCUT2D eigenvalue weighted by atomic mass is 32.2. The van der Waals surface area contributed by atoms with Crippen LogP contribution in [0.15, 0.2) is 77.3 Å². The molecule has 7 nitrogen and oxygen atoms in total. The molecule has 0 bridgehead atoms. The van der Waals surface area contributed by atoms with Crippen LogP contribution in [-0.2, 0) is 16.1 Å². The van der Waals surface area contributed by atoms with E-state index in [1.54, 1.807) is 42.6 Å². The molecule has 2 heterocycles. The molecule has 2 aromatic heterocycles. The van der Waals surface area contributed by atoms with Crippen molar-refractivity contribution in [2.24, 2.45) is 0 Å². The van der Waals surface area contributed by atoms with Gasteiger partial charge in [-0.25, -0.2) is 4.79 Å². The van der Waals surface area contributed by atoms with Crippen LogP contribution in [0.4, 0.5) is 5.69 Å². The summed E-state index contributed by atoms with van der Waals surface area (Å²) in [5.74, 6) is 0.265. The summed E-state index contributed by atoms with van der Waals surface area (Å²) >= 11 is 2.92. The molecule has 9 heteroatoms. The predicted octanol–water partition coefficient (Wildman–Crippen LogP) is 4.60. The van der Waals surface area contributed by atoms with Gasteiger partial charge in [-0.3, -0.25) is 9.36 Å². The Labute approximate surface area is 200 Å². The van der Waals surface area contributed by atoms with Crippen LogP contribution in [0.25, 0.3) is 10.7 Å². The highest BCUT2D eigenvalue weighted by Gasteiger charge is 2.21. The Bertz CT molecular complexity index is 1240. The van der Waals surface area contributed by atoms with Gasteiger partial charge in [0.2, 0.25) is 5.91 Å². The van der Waals surface area contributed by atoms with Gasteiger partial charge in [0.1, 0.15) is 0 Å². The molecule has 2 aromatic carbocycles. The number of aromatic nitrogens is 3. The fourth-order valence-electron chi connectivity index (χ4n) is 3.30. The first kappa shape index (κ1) is 22.8. The zero-order chi connectivity index (χ0) is 23.2. The summed E-state index contributed by atoms with van der Waals surface area (Å²) in [5.41, 5.74) is 1.96. The third-order valence-electron chi connectivity index (χ3n) is 5.01. The zero-order valence-corrected chi connectivity index (χ0v) is 19.8. The van der Waals surface area contributed by atoms with Crippen molar-refractivity contribution < 1.29 is 14.3 Å². The van der Waals surface area contributed by atoms with Gasteiger partial charge in [0, 0.05) is 7.05 Å². The van der Waals surface area contributed by atoms with Crippen LogP contribution in [0.2, 0.25) is 0 Å². The fourth-order valence-corrected chi connectivity index (χ4v) is 4.87. The molecule has 0 aliphatic rings. The molecule has 0 aliphatic carbocycles. The van der Waals surface area contributed by atoms with E-state index in [1.165, 1.54) is 23.8 Å². The first-order valence-electron chi connectivity index (χ1n) is 10.2. The summed E-state index contributed by atoms with van der Waals surface area (Å²) in [6.07, 6.45) is 0. The molecule has 0 atom stereocenters. The molecule has 168 valence electrons. The first-order chi connectivity index (χ1) is 16.1. The number of benzene rings is 2. The number of ether oxygens (including phenoxy) is 1. The summed E-state index contributed by atoms with van der Waals surface area (Å²) in [5, 5.41) is 11.4. The van der Waals surface area contributed by atoms with Gasteiger partial charge in [-0.15, -0.1) is 21.5 Å². The number of carbonyl (C=O) groups excluding carboxylic acids is 2. The summed E-state index contributed by atoms with van der Waals surface area (Å²) in [6, 6.07) is 20.9. The number of hydrogen-bond acceptors (Lipinski definition) is 7. The predicted molar refractivity (Wildman–Crippen MR) is 131 cm³/mol. The van der Waals surface area contributed by atoms with Crippen LogP contribution >= 0.6 is 23.1 Å². The van der Waals surface area contributed by atoms with Crippen LogP contribution in [0.5, 0.6) is 0 Å². The lowest BCUT2D eigenvalue weighted by Gasteiger charge is -2.19. The molecule has 33 heavy (non-hydrogen) atoms. The van der Waals surface area contributed by atoms with Crippen LogP contribution in [0, 0.1) is 0 Å². The quantitative estimate of drug-likeness (QED) is 0.272. The molecule has 0 spiro atoms. The van der Waals surface area contributed by atoms with E-state index in [0.29, 0.717) is 23.0 Å². The van der Waals surface area contributed by atoms with E-state index >= 15 is 0 Å². The molecular formula is C24H22N4O3S2. The summed E-state index contributed by atoms with van der Waals surface area (Å²) in [7, 11) is 2.97. The highest BCUT2D eigenvalue weighted by Crippen LogP contribution is 2.29. The van der Waals surface area contributed by atoms with Gasteiger partial charge >= 0.3 is 5.97 Å². The van der Waals surface area contributed by atoms with Crippen molar-refractivity contribution in [1.82, 2.24) is 14.8 Å². The zero-order valence-electron chi connectivity index (χ0n) is 18.2. The minimum atomic E-state index is -0.485. The van der Waals surface area contributed by atoms with Crippen molar-refractivity contribution in [2.45, 2.75) is 11.7 Å². The summed E-state index contributed by atoms with van der Waals surface area (Å²) in [4.78, 5) is 27.6. The second kappa shape index (κ2) is 10.5. The number of hydrogen-bond donors (Lipinski definition) is 0. The number of nitrogens with zero attached hydrogens (tertiary/aromatic N) is 4. The van der Waals surface area contributed by atoms with Crippen molar-refractivity contribution in [3.05, 3.63) is 83.2 Å². The average Bonchev–Trinajstić information content (AvgIpc) is 3.52. The number of methoxy groups -OCH3 is 1. The molecule has 0 N–H and O–H groups in total. The second-order valence-corrected chi connectivity index (χ2v) is 9.00. The maximum atomic E-state index is 13.0. The normalized spacial score (nSPS) is 10.7. The smallest absolute Gasteiger partial charge is 0.339 e. The SMILES string of the molecule is COC(=O)c1ccccc1N(C)C(=O)CSc1nnc(-c2cccs2)n1Cc1ccccc1. The van der Waals surface area contributed by atoms with Crippen molar-refractivity contribution in [1.29, 1.82) is 0 Å². The third-order valence-corrected chi connectivity index (χ3v) is 6.83. The monoisotopic (exact) mass is 478 g/mol. The molecule has 0 saturated heterocycles. The minimum Gasteiger partial charge on any atom is -0.465 e. The molecular weight excluding hydrogens is 456 g/mol. The van der Waals surface area contributed by atoms with E-state index in [1.807, 2.05) is 40.3 Å². The molecule has 1 amide bonds. The minimum absolute atomic E-state index is 0.142. The Morgan fingerprint density at radius 1 is 1.03 bits per heavy atom. The number of thioether (sulfide) groups is 1. The van der Waals surface area contributed by atoms with E-state index in [-0.39, 0.29) is 11.7 Å².